The molecule has 0 spiro atoms. The maximum Gasteiger partial charge on any atom is 0.271 e. The molecule has 0 saturated carbocycles. The standard InChI is InChI=1S/C19H19FN4O3S/c1-11-8-13(14(20)9-17(11)24-28(3,26)27)12(2)22-19(25)18-10-21-15-6-4-5-7-16(15)23-18/h4-10,12,24H,1-3H3,(H,22,25)/t12-/m1/s1. The Bertz CT molecular complexity index is 1170. The van der Waals surface area contributed by atoms with Crippen molar-refractivity contribution in [1.82, 2.24) is 15.3 Å². The molecule has 2 aromatic carbocycles. The van der Waals surface area contributed by atoms with Crippen LogP contribution in [0.1, 0.15) is 34.6 Å². The number of carbonyl (C=O) groups is 1. The summed E-state index contributed by atoms with van der Waals surface area (Å²) in [7, 11) is -3.52. The molecule has 0 radical (unpaired) electrons. The van der Waals surface area contributed by atoms with Gasteiger partial charge in [-0.25, -0.2) is 17.8 Å². The first-order valence-corrected chi connectivity index (χ1v) is 10.3. The van der Waals surface area contributed by atoms with Crippen LogP contribution in [0.2, 0.25) is 0 Å². The molecule has 2 N–H and O–H groups in total. The molecular weight excluding hydrogens is 383 g/mol. The molecule has 9 heteroatoms. The molecule has 3 rings (SSSR count). The average Bonchev–Trinajstić information content (AvgIpc) is 2.62. The number of hydrogen-bond acceptors (Lipinski definition) is 5. The van der Waals surface area contributed by atoms with Gasteiger partial charge in [-0.3, -0.25) is 14.5 Å². The van der Waals surface area contributed by atoms with Gasteiger partial charge in [0, 0.05) is 5.56 Å². The number of halogens is 1. The molecule has 28 heavy (non-hydrogen) atoms. The van der Waals surface area contributed by atoms with E-state index in [1.165, 1.54) is 12.3 Å². The van der Waals surface area contributed by atoms with Crippen LogP contribution in [0.15, 0.2) is 42.6 Å². The Morgan fingerprint density at radius 3 is 2.54 bits per heavy atom. The fraction of sp³-hybridized carbons (Fsp3) is 0.211. The summed E-state index contributed by atoms with van der Waals surface area (Å²) in [5, 5.41) is 2.69. The Balaban J connectivity index is 1.82. The molecule has 0 aliphatic heterocycles. The first-order chi connectivity index (χ1) is 13.1. The molecule has 1 aromatic heterocycles. The lowest BCUT2D eigenvalue weighted by molar-refractivity contribution is 0.0934. The third-order valence-electron chi connectivity index (χ3n) is 4.13. The van der Waals surface area contributed by atoms with Crippen molar-refractivity contribution in [1.29, 1.82) is 0 Å². The zero-order chi connectivity index (χ0) is 20.5. The Morgan fingerprint density at radius 2 is 1.86 bits per heavy atom. The van der Waals surface area contributed by atoms with Gasteiger partial charge in [0.05, 0.1) is 35.2 Å². The zero-order valence-corrected chi connectivity index (χ0v) is 16.3. The number of nitrogens with one attached hydrogen (secondary N) is 2. The van der Waals surface area contributed by atoms with Crippen LogP contribution >= 0.6 is 0 Å². The minimum atomic E-state index is -3.52. The topological polar surface area (TPSA) is 101 Å². The van der Waals surface area contributed by atoms with Crippen LogP contribution in [0.25, 0.3) is 11.0 Å². The fourth-order valence-corrected chi connectivity index (χ4v) is 3.38. The third-order valence-corrected chi connectivity index (χ3v) is 4.73. The summed E-state index contributed by atoms with van der Waals surface area (Å²) in [4.78, 5) is 21.0. The van der Waals surface area contributed by atoms with Gasteiger partial charge in [-0.2, -0.15) is 0 Å². The van der Waals surface area contributed by atoms with Gasteiger partial charge in [0.2, 0.25) is 10.0 Å². The van der Waals surface area contributed by atoms with Crippen LogP contribution in [0.4, 0.5) is 10.1 Å². The highest BCUT2D eigenvalue weighted by Gasteiger charge is 2.18. The Morgan fingerprint density at radius 1 is 1.18 bits per heavy atom. The lowest BCUT2D eigenvalue weighted by Gasteiger charge is -2.17. The van der Waals surface area contributed by atoms with Crippen LogP contribution < -0.4 is 10.0 Å². The van der Waals surface area contributed by atoms with E-state index < -0.39 is 27.8 Å². The predicted octanol–water partition coefficient (Wildman–Crippen LogP) is 2.94. The summed E-state index contributed by atoms with van der Waals surface area (Å²) in [6.07, 6.45) is 2.36. The molecule has 0 aliphatic rings. The highest BCUT2D eigenvalue weighted by atomic mass is 32.2. The highest BCUT2D eigenvalue weighted by Crippen LogP contribution is 2.25. The first kappa shape index (κ1) is 19.7. The summed E-state index contributed by atoms with van der Waals surface area (Å²) in [5.41, 5.74) is 2.30. The second-order valence-electron chi connectivity index (χ2n) is 6.50. The van der Waals surface area contributed by atoms with E-state index in [4.69, 9.17) is 0 Å². The lowest BCUT2D eigenvalue weighted by atomic mass is 10.0. The SMILES string of the molecule is Cc1cc([C@@H](C)NC(=O)c2cnc3ccccc3n2)c(F)cc1NS(C)(=O)=O. The van der Waals surface area contributed by atoms with Crippen LogP contribution in [0, 0.1) is 12.7 Å². The fourth-order valence-electron chi connectivity index (χ4n) is 2.76. The summed E-state index contributed by atoms with van der Waals surface area (Å²) in [6.45, 7) is 3.29. The first-order valence-electron chi connectivity index (χ1n) is 8.44. The van der Waals surface area contributed by atoms with Gasteiger partial charge in [0.25, 0.3) is 5.91 Å². The van der Waals surface area contributed by atoms with Gasteiger partial charge >= 0.3 is 0 Å². The van der Waals surface area contributed by atoms with Gasteiger partial charge in [-0.1, -0.05) is 12.1 Å². The minimum absolute atomic E-state index is 0.123. The molecule has 0 saturated heterocycles. The van der Waals surface area contributed by atoms with Crippen molar-refractivity contribution in [2.24, 2.45) is 0 Å². The number of sulfonamides is 1. The number of para-hydroxylation sites is 2. The normalized spacial score (nSPS) is 12.6. The number of aromatic nitrogens is 2. The van der Waals surface area contributed by atoms with E-state index in [0.717, 1.165) is 12.3 Å². The zero-order valence-electron chi connectivity index (χ0n) is 15.5. The van der Waals surface area contributed by atoms with E-state index in [9.17, 15) is 17.6 Å². The molecule has 1 heterocycles. The van der Waals surface area contributed by atoms with E-state index in [2.05, 4.69) is 20.0 Å². The van der Waals surface area contributed by atoms with Crippen molar-refractivity contribution in [3.63, 3.8) is 0 Å². The van der Waals surface area contributed by atoms with E-state index in [0.29, 0.717) is 16.6 Å². The number of rotatable bonds is 5. The average molecular weight is 402 g/mol. The summed E-state index contributed by atoms with van der Waals surface area (Å²) in [5.74, 6) is -1.12. The van der Waals surface area contributed by atoms with Crippen molar-refractivity contribution < 1.29 is 17.6 Å². The summed E-state index contributed by atoms with van der Waals surface area (Å²) in [6, 6.07) is 9.10. The molecule has 0 fully saturated rings. The molecule has 1 amide bonds. The number of amides is 1. The van der Waals surface area contributed by atoms with E-state index >= 15 is 0 Å². The number of fused-ring (bicyclic) bond motifs is 1. The van der Waals surface area contributed by atoms with Gasteiger partial charge in [0.1, 0.15) is 11.5 Å². The van der Waals surface area contributed by atoms with Crippen molar-refractivity contribution in [3.8, 4) is 0 Å². The van der Waals surface area contributed by atoms with Gasteiger partial charge < -0.3 is 5.32 Å². The maximum atomic E-state index is 14.5. The van der Waals surface area contributed by atoms with Crippen molar-refractivity contribution >= 4 is 32.7 Å². The number of benzene rings is 2. The number of hydrogen-bond donors (Lipinski definition) is 2. The summed E-state index contributed by atoms with van der Waals surface area (Å²) >= 11 is 0. The molecule has 146 valence electrons. The number of anilines is 1. The van der Waals surface area contributed by atoms with Crippen LogP contribution in [-0.4, -0.2) is 30.5 Å². The monoisotopic (exact) mass is 402 g/mol. The van der Waals surface area contributed by atoms with Crippen molar-refractivity contribution in [2.75, 3.05) is 11.0 Å². The second-order valence-corrected chi connectivity index (χ2v) is 8.25. The van der Waals surface area contributed by atoms with Gasteiger partial charge in [-0.05, 0) is 43.7 Å². The molecule has 1 atom stereocenters. The molecule has 0 bridgehead atoms. The largest absolute Gasteiger partial charge is 0.344 e. The minimum Gasteiger partial charge on any atom is -0.344 e. The Labute approximate surface area is 162 Å². The summed E-state index contributed by atoms with van der Waals surface area (Å²) < 4.78 is 39.5. The lowest BCUT2D eigenvalue weighted by Crippen LogP contribution is -2.28. The number of aryl methyl sites for hydroxylation is 1. The quantitative estimate of drug-likeness (QED) is 0.683. The van der Waals surface area contributed by atoms with Crippen LogP contribution in [0.3, 0.4) is 0 Å². The molecular formula is C19H19FN4O3S. The van der Waals surface area contributed by atoms with E-state index in [1.807, 2.05) is 6.07 Å². The predicted molar refractivity (Wildman–Crippen MR) is 105 cm³/mol. The van der Waals surface area contributed by atoms with Crippen molar-refractivity contribution in [3.05, 3.63) is 65.2 Å². The van der Waals surface area contributed by atoms with Crippen LogP contribution in [0.5, 0.6) is 0 Å². The van der Waals surface area contributed by atoms with E-state index in [1.54, 1.807) is 32.0 Å². The van der Waals surface area contributed by atoms with Gasteiger partial charge in [0.15, 0.2) is 0 Å². The van der Waals surface area contributed by atoms with Crippen LogP contribution in [-0.2, 0) is 10.0 Å². The van der Waals surface area contributed by atoms with Gasteiger partial charge in [-0.15, -0.1) is 0 Å². The maximum absolute atomic E-state index is 14.5. The molecule has 7 nitrogen and oxygen atoms in total. The molecule has 3 aromatic rings. The molecule has 0 aliphatic carbocycles. The number of nitrogens with zero attached hydrogens (tertiary/aromatic N) is 2. The number of carbonyl (C=O) groups excluding carboxylic acids is 1. The Kier molecular flexibility index (Phi) is 5.28. The van der Waals surface area contributed by atoms with E-state index in [-0.39, 0.29) is 16.9 Å². The third kappa shape index (κ3) is 4.42. The highest BCUT2D eigenvalue weighted by molar-refractivity contribution is 7.92. The Hall–Kier alpha value is -3.07. The van der Waals surface area contributed by atoms with Crippen molar-refractivity contribution in [2.45, 2.75) is 19.9 Å². The second kappa shape index (κ2) is 7.51. The smallest absolute Gasteiger partial charge is 0.271 e. The molecule has 0 unspecified atom stereocenters.